The number of anilines is 2. The van der Waals surface area contributed by atoms with Crippen LogP contribution in [0.15, 0.2) is 65.3 Å². The van der Waals surface area contributed by atoms with Gasteiger partial charge in [-0.05, 0) is 62.6 Å². The Labute approximate surface area is 192 Å². The van der Waals surface area contributed by atoms with E-state index >= 15 is 0 Å². The first kappa shape index (κ1) is 21.0. The van der Waals surface area contributed by atoms with E-state index in [2.05, 4.69) is 21.3 Å². The number of aromatic nitrogens is 1. The number of amides is 2. The zero-order valence-electron chi connectivity index (χ0n) is 18.6. The van der Waals surface area contributed by atoms with Crippen LogP contribution in [0.4, 0.5) is 16.2 Å². The molecule has 0 spiro atoms. The van der Waals surface area contributed by atoms with Crippen molar-refractivity contribution >= 4 is 28.3 Å². The number of furan rings is 1. The van der Waals surface area contributed by atoms with Crippen molar-refractivity contribution in [2.24, 2.45) is 0 Å². The second kappa shape index (κ2) is 8.94. The monoisotopic (exact) mass is 444 g/mol. The quantitative estimate of drug-likeness (QED) is 0.329. The summed E-state index contributed by atoms with van der Waals surface area (Å²) in [5, 5.41) is 6.68. The molecule has 1 aliphatic carbocycles. The van der Waals surface area contributed by atoms with Crippen LogP contribution < -0.4 is 21.1 Å². The molecule has 0 radical (unpaired) electrons. The highest BCUT2D eigenvalue weighted by Gasteiger charge is 2.27. The highest BCUT2D eigenvalue weighted by Crippen LogP contribution is 2.44. The number of nitrogens with two attached hydrogens (primary N) is 1. The van der Waals surface area contributed by atoms with Gasteiger partial charge >= 0.3 is 6.03 Å². The Kier molecular flexibility index (Phi) is 5.69. The van der Waals surface area contributed by atoms with Gasteiger partial charge in [0.05, 0.1) is 36.3 Å². The van der Waals surface area contributed by atoms with E-state index < -0.39 is 0 Å². The van der Waals surface area contributed by atoms with Crippen molar-refractivity contribution in [3.8, 4) is 17.0 Å². The highest BCUT2D eigenvalue weighted by molar-refractivity contribution is 6.02. The summed E-state index contributed by atoms with van der Waals surface area (Å²) in [4.78, 5) is 12.2. The van der Waals surface area contributed by atoms with Crippen molar-refractivity contribution in [1.82, 2.24) is 9.88 Å². The van der Waals surface area contributed by atoms with E-state index in [1.165, 1.54) is 6.42 Å². The maximum Gasteiger partial charge on any atom is 0.319 e. The Morgan fingerprint density at radius 1 is 1.18 bits per heavy atom. The van der Waals surface area contributed by atoms with Crippen molar-refractivity contribution in [3.63, 3.8) is 0 Å². The number of nitrogens with one attached hydrogen (secondary N) is 2. The number of benzene rings is 2. The Hall–Kier alpha value is -3.87. The third-order valence-corrected chi connectivity index (χ3v) is 6.19. The molecule has 1 saturated carbocycles. The summed E-state index contributed by atoms with van der Waals surface area (Å²) in [6.07, 6.45) is 5.10. The number of rotatable bonds is 7. The predicted octanol–water partition coefficient (Wildman–Crippen LogP) is 5.93. The molecule has 0 bridgehead atoms. The molecule has 4 aromatic rings. The number of nitrogens with zero attached hydrogens (tertiary/aromatic N) is 1. The topological polar surface area (TPSA) is 94.4 Å². The summed E-state index contributed by atoms with van der Waals surface area (Å²) in [6.45, 7) is 2.95. The van der Waals surface area contributed by atoms with E-state index in [9.17, 15) is 4.79 Å². The van der Waals surface area contributed by atoms with Gasteiger partial charge in [0.2, 0.25) is 0 Å². The SMILES string of the molecule is CCOc1ccc2c(N)c(-c3ccc(NC(=O)NCc4ccco4)cc3)n(C3CCC3)c2c1. The molecule has 2 amide bonds. The number of ether oxygens (including phenoxy) is 1. The van der Waals surface area contributed by atoms with Crippen molar-refractivity contribution in [2.75, 3.05) is 17.7 Å². The smallest absolute Gasteiger partial charge is 0.319 e. The molecule has 2 heterocycles. The number of nitrogen functional groups attached to an aromatic ring is 1. The van der Waals surface area contributed by atoms with E-state index in [1.807, 2.05) is 49.4 Å². The third kappa shape index (κ3) is 4.14. The van der Waals surface area contributed by atoms with Gasteiger partial charge in [-0.3, -0.25) is 0 Å². The van der Waals surface area contributed by atoms with E-state index in [-0.39, 0.29) is 6.03 Å². The molecule has 0 saturated heterocycles. The number of hydrogen-bond acceptors (Lipinski definition) is 4. The fourth-order valence-corrected chi connectivity index (χ4v) is 4.36. The van der Waals surface area contributed by atoms with E-state index in [1.54, 1.807) is 12.3 Å². The first-order valence-electron chi connectivity index (χ1n) is 11.4. The van der Waals surface area contributed by atoms with Crippen LogP contribution in [0.1, 0.15) is 38.0 Å². The molecular weight excluding hydrogens is 416 g/mol. The molecule has 1 fully saturated rings. The Bertz CT molecular complexity index is 1260. The molecule has 33 heavy (non-hydrogen) atoms. The van der Waals surface area contributed by atoms with Crippen molar-refractivity contribution in [3.05, 3.63) is 66.6 Å². The zero-order chi connectivity index (χ0) is 22.8. The van der Waals surface area contributed by atoms with Gasteiger partial charge in [-0.1, -0.05) is 12.1 Å². The Morgan fingerprint density at radius 3 is 2.67 bits per heavy atom. The van der Waals surface area contributed by atoms with Crippen molar-refractivity contribution < 1.29 is 13.9 Å². The van der Waals surface area contributed by atoms with Crippen LogP contribution in [0.5, 0.6) is 5.75 Å². The van der Waals surface area contributed by atoms with Crippen LogP contribution in [0, 0.1) is 0 Å². The zero-order valence-corrected chi connectivity index (χ0v) is 18.6. The van der Waals surface area contributed by atoms with Crippen LogP contribution in [0.25, 0.3) is 22.2 Å². The molecule has 1 aliphatic rings. The summed E-state index contributed by atoms with van der Waals surface area (Å²) in [5.74, 6) is 1.56. The molecule has 0 atom stereocenters. The highest BCUT2D eigenvalue weighted by atomic mass is 16.5. The largest absolute Gasteiger partial charge is 0.494 e. The molecule has 4 N–H and O–H groups in total. The van der Waals surface area contributed by atoms with Crippen LogP contribution >= 0.6 is 0 Å². The van der Waals surface area contributed by atoms with Crippen molar-refractivity contribution in [1.29, 1.82) is 0 Å². The normalized spacial score (nSPS) is 13.6. The second-order valence-electron chi connectivity index (χ2n) is 8.29. The standard InChI is InChI=1S/C26H28N4O3/c1-2-32-20-12-13-22-23(15-20)30(19-5-3-6-19)25(24(22)27)17-8-10-18(11-9-17)29-26(31)28-16-21-7-4-14-33-21/h4,7-15,19H,2-3,5-6,16,27H2,1H3,(H2,28,29,31). The molecule has 7 nitrogen and oxygen atoms in total. The molecule has 2 aromatic heterocycles. The number of carbonyl (C=O) groups is 1. The third-order valence-electron chi connectivity index (χ3n) is 6.19. The summed E-state index contributed by atoms with van der Waals surface area (Å²) in [6, 6.07) is 17.7. The summed E-state index contributed by atoms with van der Waals surface area (Å²) in [7, 11) is 0. The molecule has 0 unspecified atom stereocenters. The average molecular weight is 445 g/mol. The van der Waals surface area contributed by atoms with Gasteiger partial charge in [-0.2, -0.15) is 0 Å². The first-order valence-corrected chi connectivity index (χ1v) is 11.4. The minimum absolute atomic E-state index is 0.286. The lowest BCUT2D eigenvalue weighted by Crippen LogP contribution is -2.27. The van der Waals surface area contributed by atoms with E-state index in [4.69, 9.17) is 14.9 Å². The predicted molar refractivity (Wildman–Crippen MR) is 130 cm³/mol. The van der Waals surface area contributed by atoms with Gasteiger partial charge in [0, 0.05) is 28.7 Å². The Morgan fingerprint density at radius 2 is 2.00 bits per heavy atom. The number of fused-ring (bicyclic) bond motifs is 1. The van der Waals surface area contributed by atoms with Crippen LogP contribution in [-0.2, 0) is 6.54 Å². The Balaban J connectivity index is 1.41. The molecule has 2 aromatic carbocycles. The van der Waals surface area contributed by atoms with Gasteiger partial charge in [0.15, 0.2) is 0 Å². The van der Waals surface area contributed by atoms with Crippen LogP contribution in [0.3, 0.4) is 0 Å². The maximum atomic E-state index is 12.2. The number of hydrogen-bond donors (Lipinski definition) is 3. The minimum atomic E-state index is -0.286. The van der Waals surface area contributed by atoms with Gasteiger partial charge in [-0.25, -0.2) is 4.79 Å². The molecule has 0 aliphatic heterocycles. The lowest BCUT2D eigenvalue weighted by molar-refractivity contribution is 0.251. The van der Waals surface area contributed by atoms with Crippen LogP contribution in [-0.4, -0.2) is 17.2 Å². The van der Waals surface area contributed by atoms with Gasteiger partial charge in [0.25, 0.3) is 0 Å². The fraction of sp³-hybridized carbons (Fsp3) is 0.269. The summed E-state index contributed by atoms with van der Waals surface area (Å²) >= 11 is 0. The molecule has 5 rings (SSSR count). The average Bonchev–Trinajstić information content (AvgIpc) is 3.39. The van der Waals surface area contributed by atoms with E-state index in [0.29, 0.717) is 30.6 Å². The minimum Gasteiger partial charge on any atom is -0.494 e. The van der Waals surface area contributed by atoms with Gasteiger partial charge in [-0.15, -0.1) is 0 Å². The lowest BCUT2D eigenvalue weighted by Gasteiger charge is -2.30. The second-order valence-corrected chi connectivity index (χ2v) is 8.29. The molecular formula is C26H28N4O3. The summed E-state index contributed by atoms with van der Waals surface area (Å²) < 4.78 is 13.4. The van der Waals surface area contributed by atoms with Gasteiger partial charge in [0.1, 0.15) is 11.5 Å². The van der Waals surface area contributed by atoms with Crippen LogP contribution in [0.2, 0.25) is 0 Å². The van der Waals surface area contributed by atoms with E-state index in [0.717, 1.165) is 46.4 Å². The number of urea groups is 1. The number of carbonyl (C=O) groups excluding carboxylic acids is 1. The maximum absolute atomic E-state index is 12.2. The molecule has 170 valence electrons. The summed E-state index contributed by atoms with van der Waals surface area (Å²) in [5.41, 5.74) is 11.3. The first-order chi connectivity index (χ1) is 16.1. The fourth-order valence-electron chi connectivity index (χ4n) is 4.36. The van der Waals surface area contributed by atoms with Crippen molar-refractivity contribution in [2.45, 2.75) is 38.8 Å². The lowest BCUT2D eigenvalue weighted by atomic mass is 9.92. The van der Waals surface area contributed by atoms with Gasteiger partial charge < -0.3 is 30.1 Å². The molecule has 7 heteroatoms.